The van der Waals surface area contributed by atoms with Crippen molar-refractivity contribution in [2.24, 2.45) is 0 Å². The van der Waals surface area contributed by atoms with Crippen molar-refractivity contribution >= 4 is 34.5 Å². The van der Waals surface area contributed by atoms with E-state index in [1.165, 1.54) is 0 Å². The van der Waals surface area contributed by atoms with Crippen molar-refractivity contribution in [2.75, 3.05) is 32.6 Å². The molecule has 2 amide bonds. The lowest BCUT2D eigenvalue weighted by Crippen LogP contribution is -2.26. The van der Waals surface area contributed by atoms with E-state index in [4.69, 9.17) is 19.4 Å². The molecule has 0 atom stereocenters. The molecular weight excluding hydrogens is 484 g/mol. The summed E-state index contributed by atoms with van der Waals surface area (Å²) in [7, 11) is 3.21. The first-order valence-corrected chi connectivity index (χ1v) is 12.5. The van der Waals surface area contributed by atoms with E-state index in [9.17, 15) is 9.59 Å². The molecule has 0 aliphatic carbocycles. The molecule has 0 bridgehead atoms. The number of carbonyl (C=O) groups is 2. The van der Waals surface area contributed by atoms with Crippen LogP contribution in [0.2, 0.25) is 0 Å². The monoisotopic (exact) mass is 514 g/mol. The number of H-pyrrole nitrogens is 1. The maximum atomic E-state index is 12.2. The first-order valence-electron chi connectivity index (χ1n) is 12.5. The number of ether oxygens (including phenoxy) is 2. The lowest BCUT2D eigenvalue weighted by molar-refractivity contribution is 0.0244. The third-order valence-corrected chi connectivity index (χ3v) is 6.57. The number of fused-ring (bicyclic) bond motifs is 1. The summed E-state index contributed by atoms with van der Waals surface area (Å²) in [6.07, 6.45) is 3.34. The average molecular weight is 515 g/mol. The fourth-order valence-electron chi connectivity index (χ4n) is 4.50. The van der Waals surface area contributed by atoms with Crippen LogP contribution in [0.3, 0.4) is 0 Å². The molecule has 4 aromatic rings. The lowest BCUT2D eigenvalue weighted by atomic mass is 10.0. The molecule has 0 radical (unpaired) electrons. The molecule has 196 valence electrons. The zero-order valence-electron chi connectivity index (χ0n) is 21.6. The second-order valence-corrected chi connectivity index (χ2v) is 9.10. The third kappa shape index (κ3) is 5.16. The number of anilines is 2. The summed E-state index contributed by atoms with van der Waals surface area (Å²) in [5.74, 6) is 0.503. The molecule has 2 aromatic carbocycles. The topological polar surface area (TPSA) is 130 Å². The number of amides is 2. The van der Waals surface area contributed by atoms with Gasteiger partial charge < -0.3 is 30.4 Å². The smallest absolute Gasteiger partial charge is 0.251 e. The number of nitrogens with one attached hydrogen (secondary N) is 4. The van der Waals surface area contributed by atoms with Crippen molar-refractivity contribution in [3.05, 3.63) is 65.4 Å². The summed E-state index contributed by atoms with van der Waals surface area (Å²) in [5.41, 5.74) is 5.07. The number of aryl methyl sites for hydroxylation is 1. The molecule has 10 nitrogen and oxygen atoms in total. The first kappa shape index (κ1) is 25.2. The zero-order chi connectivity index (χ0) is 26.6. The summed E-state index contributed by atoms with van der Waals surface area (Å²) in [6, 6.07) is 12.8. The quantitative estimate of drug-likeness (QED) is 0.294. The van der Waals surface area contributed by atoms with Crippen LogP contribution in [-0.4, -0.2) is 60.2 Å². The van der Waals surface area contributed by atoms with Gasteiger partial charge in [0, 0.05) is 55.5 Å². The highest BCUT2D eigenvalue weighted by atomic mass is 16.5. The molecule has 1 aliphatic heterocycles. The van der Waals surface area contributed by atoms with Crippen molar-refractivity contribution in [1.82, 2.24) is 25.6 Å². The van der Waals surface area contributed by atoms with Gasteiger partial charge in [-0.25, -0.2) is 0 Å². The molecule has 1 fully saturated rings. The second-order valence-electron chi connectivity index (χ2n) is 9.10. The Morgan fingerprint density at radius 1 is 1.00 bits per heavy atom. The summed E-state index contributed by atoms with van der Waals surface area (Å²) >= 11 is 0. The van der Waals surface area contributed by atoms with E-state index in [-0.39, 0.29) is 17.9 Å². The number of hydrogen-bond acceptors (Lipinski definition) is 7. The van der Waals surface area contributed by atoms with Crippen LogP contribution in [0.25, 0.3) is 22.2 Å². The van der Waals surface area contributed by atoms with E-state index in [0.29, 0.717) is 41.8 Å². The third-order valence-electron chi connectivity index (χ3n) is 6.57. The normalized spacial score (nSPS) is 13.8. The number of aromatic nitrogens is 3. The average Bonchev–Trinajstić information content (AvgIpc) is 3.38. The van der Waals surface area contributed by atoms with Crippen molar-refractivity contribution in [3.63, 3.8) is 0 Å². The van der Waals surface area contributed by atoms with Gasteiger partial charge in [0.1, 0.15) is 11.8 Å². The van der Waals surface area contributed by atoms with Crippen LogP contribution in [0.1, 0.15) is 39.1 Å². The van der Waals surface area contributed by atoms with E-state index >= 15 is 0 Å². The molecule has 5 rings (SSSR count). The largest absolute Gasteiger partial charge is 0.474 e. The molecule has 0 spiro atoms. The number of aromatic amines is 1. The number of rotatable bonds is 7. The predicted molar refractivity (Wildman–Crippen MR) is 145 cm³/mol. The number of benzene rings is 2. The highest BCUT2D eigenvalue weighted by Gasteiger charge is 2.22. The summed E-state index contributed by atoms with van der Waals surface area (Å²) in [4.78, 5) is 37.0. The number of nitrogens with zero attached hydrogens (tertiary/aromatic N) is 2. The number of hydrogen-bond donors (Lipinski definition) is 4. The summed E-state index contributed by atoms with van der Waals surface area (Å²) < 4.78 is 11.9. The van der Waals surface area contributed by atoms with Crippen molar-refractivity contribution in [3.8, 4) is 17.0 Å². The van der Waals surface area contributed by atoms with E-state index in [0.717, 1.165) is 40.6 Å². The van der Waals surface area contributed by atoms with Gasteiger partial charge in [0.15, 0.2) is 0 Å². The molecule has 38 heavy (non-hydrogen) atoms. The van der Waals surface area contributed by atoms with Crippen LogP contribution in [0.15, 0.2) is 48.7 Å². The van der Waals surface area contributed by atoms with Crippen LogP contribution in [0.4, 0.5) is 11.6 Å². The Kier molecular flexibility index (Phi) is 7.23. The van der Waals surface area contributed by atoms with E-state index in [1.54, 1.807) is 26.2 Å². The highest BCUT2D eigenvalue weighted by Crippen LogP contribution is 2.36. The Bertz CT molecular complexity index is 1490. The summed E-state index contributed by atoms with van der Waals surface area (Å²) in [6.45, 7) is 3.18. The van der Waals surface area contributed by atoms with Gasteiger partial charge in [0.2, 0.25) is 11.8 Å². The predicted octanol–water partition coefficient (Wildman–Crippen LogP) is 3.95. The minimum absolute atomic E-state index is 0.0387. The molecule has 10 heteroatoms. The van der Waals surface area contributed by atoms with Gasteiger partial charge in [0.25, 0.3) is 11.8 Å². The van der Waals surface area contributed by atoms with E-state index in [2.05, 4.69) is 20.9 Å². The van der Waals surface area contributed by atoms with Crippen LogP contribution in [0.5, 0.6) is 5.88 Å². The van der Waals surface area contributed by atoms with Crippen LogP contribution >= 0.6 is 0 Å². The van der Waals surface area contributed by atoms with Crippen molar-refractivity contribution in [1.29, 1.82) is 0 Å². The summed E-state index contributed by atoms with van der Waals surface area (Å²) in [5, 5.41) is 9.32. The Morgan fingerprint density at radius 2 is 1.74 bits per heavy atom. The van der Waals surface area contributed by atoms with Gasteiger partial charge in [-0.3, -0.25) is 9.59 Å². The van der Waals surface area contributed by atoms with Gasteiger partial charge in [0.05, 0.1) is 18.6 Å². The van der Waals surface area contributed by atoms with Crippen LogP contribution in [0, 0.1) is 6.92 Å². The highest BCUT2D eigenvalue weighted by molar-refractivity contribution is 6.00. The van der Waals surface area contributed by atoms with Gasteiger partial charge in [-0.2, -0.15) is 9.97 Å². The zero-order valence-corrected chi connectivity index (χ0v) is 21.6. The molecule has 0 saturated carbocycles. The van der Waals surface area contributed by atoms with Gasteiger partial charge in [-0.05, 0) is 48.4 Å². The molecule has 4 N–H and O–H groups in total. The minimum Gasteiger partial charge on any atom is -0.474 e. The number of carbonyl (C=O) groups excluding carboxylic acids is 2. The fraction of sp³-hybridized carbons (Fsp3) is 0.286. The molecule has 2 aromatic heterocycles. The lowest BCUT2D eigenvalue weighted by Gasteiger charge is -2.23. The Morgan fingerprint density at radius 3 is 2.45 bits per heavy atom. The van der Waals surface area contributed by atoms with E-state index < -0.39 is 0 Å². The van der Waals surface area contributed by atoms with Crippen molar-refractivity contribution < 1.29 is 19.1 Å². The second kappa shape index (κ2) is 10.9. The van der Waals surface area contributed by atoms with Crippen molar-refractivity contribution in [2.45, 2.75) is 25.9 Å². The first-order chi connectivity index (χ1) is 18.5. The Balaban J connectivity index is 1.56. The van der Waals surface area contributed by atoms with E-state index in [1.807, 2.05) is 43.5 Å². The molecular formula is C28H30N6O4. The SMILES string of the molecule is CNC(=O)c1cccc(-c2c[nH]c3nc(Nc4ccc(C(=O)NC)cc4C)nc(OC4CCOCC4)c23)c1. The molecule has 0 unspecified atom stereocenters. The van der Waals surface area contributed by atoms with Gasteiger partial charge in [-0.15, -0.1) is 0 Å². The molecule has 3 heterocycles. The van der Waals surface area contributed by atoms with Gasteiger partial charge in [-0.1, -0.05) is 12.1 Å². The Hall–Kier alpha value is -4.44. The minimum atomic E-state index is -0.161. The standard InChI is InChI=1S/C28H30N6O4/c1-16-13-19(26(36)30-3)7-8-22(16)32-28-33-24-23(27(34-28)38-20-9-11-37-12-10-20)21(15-31-24)17-5-4-6-18(14-17)25(35)29-2/h4-8,13-15,20H,9-12H2,1-3H3,(H,29,35)(H,30,36)(H2,31,32,33,34). The Labute approximate surface area is 220 Å². The fourth-order valence-corrected chi connectivity index (χ4v) is 4.50. The molecule has 1 saturated heterocycles. The molecule has 1 aliphatic rings. The maximum Gasteiger partial charge on any atom is 0.251 e. The van der Waals surface area contributed by atoms with Crippen LogP contribution in [-0.2, 0) is 4.74 Å². The van der Waals surface area contributed by atoms with Gasteiger partial charge >= 0.3 is 0 Å². The maximum absolute atomic E-state index is 12.2. The van der Waals surface area contributed by atoms with Crippen LogP contribution < -0.4 is 20.7 Å².